The van der Waals surface area contributed by atoms with Gasteiger partial charge in [0.05, 0.1) is 11.4 Å². The minimum Gasteiger partial charge on any atom is -0.483 e. The molecule has 0 aromatic carbocycles. The molecule has 0 aliphatic carbocycles. The first-order valence-electron chi connectivity index (χ1n) is 11.0. The normalized spacial score (nSPS) is 11.0. The van der Waals surface area contributed by atoms with E-state index in [0.717, 1.165) is 11.5 Å². The number of carbonyl (C=O) groups is 1. The van der Waals surface area contributed by atoms with E-state index < -0.39 is 0 Å². The Bertz CT molecular complexity index is 1070. The molecule has 3 aromatic rings. The Morgan fingerprint density at radius 3 is 2.68 bits per heavy atom. The predicted molar refractivity (Wildman–Crippen MR) is 131 cm³/mol. The Morgan fingerprint density at radius 2 is 1.91 bits per heavy atom. The maximum atomic E-state index is 10.8. The number of hydrogen-bond acceptors (Lipinski definition) is 10. The summed E-state index contributed by atoms with van der Waals surface area (Å²) in [7, 11) is 0. The molecule has 0 bridgehead atoms. The second-order valence-corrected chi connectivity index (χ2v) is 8.54. The molecule has 4 N–H and O–H groups in total. The molecule has 0 spiro atoms. The van der Waals surface area contributed by atoms with Gasteiger partial charge in [0, 0.05) is 50.1 Å². The van der Waals surface area contributed by atoms with Crippen molar-refractivity contribution in [3.8, 4) is 5.75 Å². The summed E-state index contributed by atoms with van der Waals surface area (Å²) in [6.45, 7) is 8.76. The van der Waals surface area contributed by atoms with Crippen LogP contribution in [-0.2, 0) is 16.8 Å². The third kappa shape index (κ3) is 7.26. The Hall–Kier alpha value is -4.02. The number of nitrogen functional groups attached to an aromatic ring is 1. The molecular weight excluding hydrogens is 434 g/mol. The van der Waals surface area contributed by atoms with Crippen molar-refractivity contribution in [2.75, 3.05) is 42.1 Å². The first kappa shape index (κ1) is 24.6. The van der Waals surface area contributed by atoms with E-state index in [2.05, 4.69) is 56.3 Å². The van der Waals surface area contributed by atoms with Crippen LogP contribution in [0.15, 0.2) is 43.0 Å². The summed E-state index contributed by atoms with van der Waals surface area (Å²) in [5, 5.41) is 6.05. The predicted octanol–water partition coefficient (Wildman–Crippen LogP) is 1.78. The van der Waals surface area contributed by atoms with Crippen LogP contribution in [0.5, 0.6) is 5.75 Å². The van der Waals surface area contributed by atoms with Gasteiger partial charge in [0.15, 0.2) is 11.6 Å². The maximum Gasteiger partial charge on any atom is 0.220 e. The number of nitrogens with two attached hydrogens (primary N) is 1. The third-order valence-electron chi connectivity index (χ3n) is 4.89. The summed E-state index contributed by atoms with van der Waals surface area (Å²) < 4.78 is 6.00. The highest BCUT2D eigenvalue weighted by atomic mass is 16.5. The fourth-order valence-corrected chi connectivity index (χ4v) is 3.14. The van der Waals surface area contributed by atoms with E-state index in [-0.39, 0.29) is 18.0 Å². The van der Waals surface area contributed by atoms with Crippen molar-refractivity contribution in [1.29, 1.82) is 0 Å². The molecule has 11 nitrogen and oxygen atoms in total. The smallest absolute Gasteiger partial charge is 0.220 e. The highest BCUT2D eigenvalue weighted by Gasteiger charge is 2.17. The van der Waals surface area contributed by atoms with E-state index in [4.69, 9.17) is 10.5 Å². The molecule has 1 amide bonds. The van der Waals surface area contributed by atoms with Crippen molar-refractivity contribution in [3.05, 3.63) is 54.4 Å². The zero-order chi connectivity index (χ0) is 24.4. The Morgan fingerprint density at radius 1 is 1.09 bits per heavy atom. The average Bonchev–Trinajstić information content (AvgIpc) is 2.82. The van der Waals surface area contributed by atoms with Crippen molar-refractivity contribution in [2.24, 2.45) is 0 Å². The molecule has 0 unspecified atom stereocenters. The second-order valence-electron chi connectivity index (χ2n) is 8.54. The fourth-order valence-electron chi connectivity index (χ4n) is 3.14. The molecule has 180 valence electrons. The van der Waals surface area contributed by atoms with E-state index in [1.165, 1.54) is 0 Å². The second kappa shape index (κ2) is 11.7. The SMILES string of the molecule is CC(C)(C)c1cc(NCCN(CCNC=O)c2ncccc2OCc2ccnc(N)n2)ncn1. The molecule has 0 fully saturated rings. The average molecular weight is 466 g/mol. The van der Waals surface area contributed by atoms with E-state index in [1.807, 2.05) is 23.1 Å². The molecule has 34 heavy (non-hydrogen) atoms. The number of nitrogens with one attached hydrogen (secondary N) is 2. The minimum absolute atomic E-state index is 0.0690. The first-order valence-corrected chi connectivity index (χ1v) is 11.0. The molecule has 0 atom stereocenters. The van der Waals surface area contributed by atoms with Crippen molar-refractivity contribution < 1.29 is 9.53 Å². The van der Waals surface area contributed by atoms with E-state index in [9.17, 15) is 4.79 Å². The third-order valence-corrected chi connectivity index (χ3v) is 4.89. The number of hydrogen-bond donors (Lipinski definition) is 3. The lowest BCUT2D eigenvalue weighted by atomic mass is 9.92. The van der Waals surface area contributed by atoms with E-state index >= 15 is 0 Å². The van der Waals surface area contributed by atoms with Crippen LogP contribution in [0.3, 0.4) is 0 Å². The van der Waals surface area contributed by atoms with Gasteiger partial charge in [0.1, 0.15) is 18.8 Å². The van der Waals surface area contributed by atoms with Crippen molar-refractivity contribution >= 4 is 24.0 Å². The summed E-state index contributed by atoms with van der Waals surface area (Å²) in [6, 6.07) is 7.36. The van der Waals surface area contributed by atoms with Gasteiger partial charge in [0.2, 0.25) is 12.4 Å². The minimum atomic E-state index is -0.0690. The summed E-state index contributed by atoms with van der Waals surface area (Å²) in [5.74, 6) is 2.21. The fraction of sp³-hybridized carbons (Fsp3) is 0.391. The maximum absolute atomic E-state index is 10.8. The van der Waals surface area contributed by atoms with Gasteiger partial charge in [-0.15, -0.1) is 0 Å². The topological polar surface area (TPSA) is 144 Å². The van der Waals surface area contributed by atoms with Gasteiger partial charge in [-0.1, -0.05) is 20.8 Å². The number of rotatable bonds is 12. The largest absolute Gasteiger partial charge is 0.483 e. The first-order chi connectivity index (χ1) is 16.4. The van der Waals surface area contributed by atoms with Crippen molar-refractivity contribution in [1.82, 2.24) is 30.2 Å². The molecule has 0 saturated carbocycles. The summed E-state index contributed by atoms with van der Waals surface area (Å²) in [6.07, 6.45) is 5.55. The van der Waals surface area contributed by atoms with Crippen LogP contribution in [0, 0.1) is 0 Å². The van der Waals surface area contributed by atoms with Crippen LogP contribution in [-0.4, -0.2) is 57.5 Å². The van der Waals surface area contributed by atoms with Gasteiger partial charge in [-0.3, -0.25) is 4.79 Å². The number of amides is 1. The van der Waals surface area contributed by atoms with Gasteiger partial charge in [-0.25, -0.2) is 24.9 Å². The lowest BCUT2D eigenvalue weighted by molar-refractivity contribution is -0.109. The van der Waals surface area contributed by atoms with Crippen molar-refractivity contribution in [3.63, 3.8) is 0 Å². The number of nitrogens with zero attached hydrogens (tertiary/aromatic N) is 6. The van der Waals surface area contributed by atoms with Gasteiger partial charge in [-0.2, -0.15) is 0 Å². The summed E-state index contributed by atoms with van der Waals surface area (Å²) in [4.78, 5) is 34.1. The molecule has 3 heterocycles. The lowest BCUT2D eigenvalue weighted by Crippen LogP contribution is -2.36. The van der Waals surface area contributed by atoms with Crippen LogP contribution in [0.2, 0.25) is 0 Å². The molecule has 3 rings (SSSR count). The quantitative estimate of drug-likeness (QED) is 0.267. The number of anilines is 3. The zero-order valence-electron chi connectivity index (χ0n) is 19.7. The van der Waals surface area contributed by atoms with Crippen molar-refractivity contribution in [2.45, 2.75) is 32.8 Å². The van der Waals surface area contributed by atoms with Crippen LogP contribution < -0.4 is 26.0 Å². The Kier molecular flexibility index (Phi) is 8.49. The molecule has 11 heteroatoms. The van der Waals surface area contributed by atoms with Gasteiger partial charge < -0.3 is 26.0 Å². The van der Waals surface area contributed by atoms with E-state index in [0.29, 0.717) is 49.9 Å². The summed E-state index contributed by atoms with van der Waals surface area (Å²) >= 11 is 0. The van der Waals surface area contributed by atoms with Gasteiger partial charge in [0.25, 0.3) is 0 Å². The summed E-state index contributed by atoms with van der Waals surface area (Å²) in [5.41, 5.74) is 7.22. The monoisotopic (exact) mass is 465 g/mol. The van der Waals surface area contributed by atoms with Gasteiger partial charge >= 0.3 is 0 Å². The van der Waals surface area contributed by atoms with Crippen LogP contribution in [0.25, 0.3) is 0 Å². The highest BCUT2D eigenvalue weighted by molar-refractivity contribution is 5.53. The zero-order valence-corrected chi connectivity index (χ0v) is 19.7. The van der Waals surface area contributed by atoms with Crippen LogP contribution >= 0.6 is 0 Å². The highest BCUT2D eigenvalue weighted by Crippen LogP contribution is 2.26. The van der Waals surface area contributed by atoms with E-state index in [1.54, 1.807) is 24.8 Å². The molecule has 3 aromatic heterocycles. The van der Waals surface area contributed by atoms with Gasteiger partial charge in [-0.05, 0) is 18.2 Å². The number of carbonyl (C=O) groups excluding carboxylic acids is 1. The van der Waals surface area contributed by atoms with Crippen LogP contribution in [0.1, 0.15) is 32.2 Å². The Labute approximate surface area is 199 Å². The standard InChI is InChI=1S/C23H31N9O2/c1-23(2,3)19-13-20(30-15-29-19)26-10-12-32(11-9-25-16-33)21-18(5-4-7-27-21)34-14-17-6-8-28-22(24)31-17/h4-8,13,15-16H,9-12,14H2,1-3H3,(H,25,33)(H2,24,28,31)(H,26,29,30). The number of pyridine rings is 1. The van der Waals surface area contributed by atoms with Crippen LogP contribution in [0.4, 0.5) is 17.6 Å². The molecule has 0 aliphatic rings. The number of aromatic nitrogens is 5. The molecule has 0 aliphatic heterocycles. The molecule has 0 radical (unpaired) electrons. The molecular formula is C23H31N9O2. The number of ether oxygens (including phenoxy) is 1. The molecule has 0 saturated heterocycles. The lowest BCUT2D eigenvalue weighted by Gasteiger charge is -2.26. The Balaban J connectivity index is 1.70.